The number of nitrogens with two attached hydrogens (primary N) is 1. The second kappa shape index (κ2) is 5.76. The van der Waals surface area contributed by atoms with Crippen LogP contribution in [0, 0.1) is 0 Å². The van der Waals surface area contributed by atoms with E-state index in [2.05, 4.69) is 12.2 Å². The maximum absolute atomic E-state index is 12.1. The number of rotatable bonds is 3. The second-order valence-corrected chi connectivity index (χ2v) is 4.65. The lowest BCUT2D eigenvalue weighted by Crippen LogP contribution is -2.12. The smallest absolute Gasteiger partial charge is 0.255 e. The van der Waals surface area contributed by atoms with Crippen LogP contribution < -0.4 is 11.1 Å². The molecule has 2 aromatic carbocycles. The number of anilines is 2. The first-order valence-corrected chi connectivity index (χ1v) is 6.43. The molecule has 2 aromatic rings. The average Bonchev–Trinajstić information content (AvgIpc) is 2.42. The Hall–Kier alpha value is -2.00. The highest BCUT2D eigenvalue weighted by Gasteiger charge is 2.08. The third-order valence-electron chi connectivity index (χ3n) is 2.86. The van der Waals surface area contributed by atoms with Crippen LogP contribution in [0.3, 0.4) is 0 Å². The van der Waals surface area contributed by atoms with Gasteiger partial charge in [-0.15, -0.1) is 0 Å². The Balaban J connectivity index is 2.18. The van der Waals surface area contributed by atoms with Crippen LogP contribution in [0.15, 0.2) is 42.5 Å². The van der Waals surface area contributed by atoms with Crippen molar-refractivity contribution in [2.75, 3.05) is 11.1 Å². The maximum atomic E-state index is 12.1. The number of halogens is 1. The highest BCUT2D eigenvalue weighted by molar-refractivity contribution is 6.33. The minimum atomic E-state index is -0.199. The van der Waals surface area contributed by atoms with Crippen LogP contribution >= 0.6 is 11.6 Å². The minimum absolute atomic E-state index is 0.199. The Bertz CT molecular complexity index is 611. The molecule has 0 aliphatic heterocycles. The molecule has 0 radical (unpaired) electrons. The quantitative estimate of drug-likeness (QED) is 0.838. The van der Waals surface area contributed by atoms with Gasteiger partial charge in [0.1, 0.15) is 0 Å². The molecule has 3 nitrogen and oxygen atoms in total. The van der Waals surface area contributed by atoms with Gasteiger partial charge in [-0.2, -0.15) is 0 Å². The molecule has 0 fully saturated rings. The van der Waals surface area contributed by atoms with Crippen LogP contribution in [0.2, 0.25) is 5.02 Å². The second-order valence-electron chi connectivity index (χ2n) is 4.24. The molecular formula is C15H15ClN2O. The van der Waals surface area contributed by atoms with Gasteiger partial charge in [-0.3, -0.25) is 4.79 Å². The largest absolute Gasteiger partial charge is 0.398 e. The fraction of sp³-hybridized carbons (Fsp3) is 0.133. The summed E-state index contributed by atoms with van der Waals surface area (Å²) in [4.78, 5) is 12.1. The predicted octanol–water partition coefficient (Wildman–Crippen LogP) is 3.74. The average molecular weight is 275 g/mol. The summed E-state index contributed by atoms with van der Waals surface area (Å²) in [5, 5.41) is 3.23. The molecule has 19 heavy (non-hydrogen) atoms. The van der Waals surface area contributed by atoms with E-state index in [-0.39, 0.29) is 5.91 Å². The van der Waals surface area contributed by atoms with Crippen molar-refractivity contribution in [1.29, 1.82) is 0 Å². The third kappa shape index (κ3) is 3.26. The van der Waals surface area contributed by atoms with Crippen molar-refractivity contribution in [3.8, 4) is 0 Å². The van der Waals surface area contributed by atoms with Gasteiger partial charge in [0.15, 0.2) is 0 Å². The van der Waals surface area contributed by atoms with Crippen molar-refractivity contribution >= 4 is 28.9 Å². The molecule has 0 aliphatic carbocycles. The Morgan fingerprint density at radius 3 is 2.74 bits per heavy atom. The first kappa shape index (κ1) is 13.4. The van der Waals surface area contributed by atoms with Crippen molar-refractivity contribution in [2.45, 2.75) is 13.3 Å². The SMILES string of the molecule is CCc1cccc(NC(=O)c2ccc(N)c(Cl)c2)c1. The predicted molar refractivity (Wildman–Crippen MR) is 79.6 cm³/mol. The molecule has 2 rings (SSSR count). The van der Waals surface area contributed by atoms with E-state index < -0.39 is 0 Å². The van der Waals surface area contributed by atoms with Crippen LogP contribution in [-0.2, 0) is 6.42 Å². The number of carbonyl (C=O) groups excluding carboxylic acids is 1. The molecule has 0 aromatic heterocycles. The van der Waals surface area contributed by atoms with Gasteiger partial charge in [-0.1, -0.05) is 30.7 Å². The molecule has 0 saturated heterocycles. The first-order valence-electron chi connectivity index (χ1n) is 6.05. The number of hydrogen-bond acceptors (Lipinski definition) is 2. The summed E-state index contributed by atoms with van der Waals surface area (Å²) >= 11 is 5.90. The van der Waals surface area contributed by atoms with E-state index in [1.165, 1.54) is 5.56 Å². The summed E-state index contributed by atoms with van der Waals surface area (Å²) in [5.74, 6) is -0.199. The standard InChI is InChI=1S/C15H15ClN2O/c1-2-10-4-3-5-12(8-10)18-15(19)11-6-7-14(17)13(16)9-11/h3-9H,2,17H2,1H3,(H,18,19). The summed E-state index contributed by atoms with van der Waals surface area (Å²) in [6.07, 6.45) is 0.928. The lowest BCUT2D eigenvalue weighted by atomic mass is 10.1. The Kier molecular flexibility index (Phi) is 4.07. The van der Waals surface area contributed by atoms with E-state index in [0.717, 1.165) is 12.1 Å². The van der Waals surface area contributed by atoms with Gasteiger partial charge in [-0.25, -0.2) is 0 Å². The topological polar surface area (TPSA) is 55.1 Å². The highest BCUT2D eigenvalue weighted by Crippen LogP contribution is 2.20. The van der Waals surface area contributed by atoms with Crippen LogP contribution in [0.4, 0.5) is 11.4 Å². The monoisotopic (exact) mass is 274 g/mol. The van der Waals surface area contributed by atoms with Crippen molar-refractivity contribution < 1.29 is 4.79 Å². The maximum Gasteiger partial charge on any atom is 0.255 e. The fourth-order valence-corrected chi connectivity index (χ4v) is 1.92. The van der Waals surface area contributed by atoms with Gasteiger partial charge in [0.2, 0.25) is 0 Å². The third-order valence-corrected chi connectivity index (χ3v) is 3.18. The molecule has 0 unspecified atom stereocenters. The number of aryl methyl sites for hydroxylation is 1. The summed E-state index contributed by atoms with van der Waals surface area (Å²) in [7, 11) is 0. The highest BCUT2D eigenvalue weighted by atomic mass is 35.5. The number of benzene rings is 2. The number of hydrogen-bond donors (Lipinski definition) is 2. The van der Waals surface area contributed by atoms with Gasteiger partial charge >= 0.3 is 0 Å². The van der Waals surface area contributed by atoms with Gasteiger partial charge in [0, 0.05) is 11.3 Å². The normalized spacial score (nSPS) is 10.2. The van der Waals surface area contributed by atoms with E-state index in [1.54, 1.807) is 18.2 Å². The molecule has 0 saturated carbocycles. The summed E-state index contributed by atoms with van der Waals surface area (Å²) < 4.78 is 0. The van der Waals surface area contributed by atoms with E-state index in [0.29, 0.717) is 16.3 Å². The molecule has 0 spiro atoms. The minimum Gasteiger partial charge on any atom is -0.398 e. The molecule has 3 N–H and O–H groups in total. The van der Waals surface area contributed by atoms with Crippen LogP contribution in [0.5, 0.6) is 0 Å². The van der Waals surface area contributed by atoms with E-state index >= 15 is 0 Å². The Labute approximate surface area is 117 Å². The first-order chi connectivity index (χ1) is 9.10. The molecular weight excluding hydrogens is 260 g/mol. The molecule has 0 atom stereocenters. The summed E-state index contributed by atoms with van der Waals surface area (Å²) in [5.41, 5.74) is 8.52. The number of carbonyl (C=O) groups is 1. The van der Waals surface area contributed by atoms with Crippen molar-refractivity contribution in [3.63, 3.8) is 0 Å². The number of nitrogens with one attached hydrogen (secondary N) is 1. The molecule has 4 heteroatoms. The van der Waals surface area contributed by atoms with Crippen LogP contribution in [0.25, 0.3) is 0 Å². The molecule has 0 aliphatic rings. The zero-order valence-corrected chi connectivity index (χ0v) is 11.4. The molecule has 0 heterocycles. The summed E-state index contributed by atoms with van der Waals surface area (Å²) in [6, 6.07) is 12.6. The van der Waals surface area contributed by atoms with Gasteiger partial charge in [0.25, 0.3) is 5.91 Å². The summed E-state index contributed by atoms with van der Waals surface area (Å²) in [6.45, 7) is 2.07. The fourth-order valence-electron chi connectivity index (χ4n) is 1.74. The van der Waals surface area contributed by atoms with E-state index in [4.69, 9.17) is 17.3 Å². The molecule has 1 amide bonds. The molecule has 98 valence electrons. The number of nitrogen functional groups attached to an aromatic ring is 1. The van der Waals surface area contributed by atoms with Crippen molar-refractivity contribution in [1.82, 2.24) is 0 Å². The van der Waals surface area contributed by atoms with Crippen LogP contribution in [0.1, 0.15) is 22.8 Å². The van der Waals surface area contributed by atoms with E-state index in [9.17, 15) is 4.79 Å². The molecule has 0 bridgehead atoms. The van der Waals surface area contributed by atoms with Crippen molar-refractivity contribution in [2.24, 2.45) is 0 Å². The van der Waals surface area contributed by atoms with Crippen molar-refractivity contribution in [3.05, 3.63) is 58.6 Å². The lowest BCUT2D eigenvalue weighted by Gasteiger charge is -2.07. The Morgan fingerprint density at radius 1 is 1.26 bits per heavy atom. The zero-order valence-electron chi connectivity index (χ0n) is 10.6. The Morgan fingerprint density at radius 2 is 2.05 bits per heavy atom. The lowest BCUT2D eigenvalue weighted by molar-refractivity contribution is 0.102. The van der Waals surface area contributed by atoms with Gasteiger partial charge < -0.3 is 11.1 Å². The number of amides is 1. The zero-order chi connectivity index (χ0) is 13.8. The van der Waals surface area contributed by atoms with Gasteiger partial charge in [0.05, 0.1) is 10.7 Å². The van der Waals surface area contributed by atoms with Crippen LogP contribution in [-0.4, -0.2) is 5.91 Å². The van der Waals surface area contributed by atoms with Gasteiger partial charge in [-0.05, 0) is 42.3 Å². The van der Waals surface area contributed by atoms with E-state index in [1.807, 2.05) is 24.3 Å².